The van der Waals surface area contributed by atoms with Crippen molar-refractivity contribution in [3.05, 3.63) is 34.6 Å². The number of hydrogen-bond acceptors (Lipinski definition) is 5. The van der Waals surface area contributed by atoms with Crippen LogP contribution >= 0.6 is 11.8 Å². The van der Waals surface area contributed by atoms with E-state index in [9.17, 15) is 9.90 Å². The molecule has 1 aromatic rings. The molecule has 132 valence electrons. The zero-order valence-electron chi connectivity index (χ0n) is 14.7. The van der Waals surface area contributed by atoms with Crippen LogP contribution in [-0.2, 0) is 16.0 Å². The number of rotatable bonds is 3. The predicted octanol–water partition coefficient (Wildman–Crippen LogP) is 4.02. The molecular formula is C19H26O4S. The number of ether oxygens (including phenoxy) is 1. The lowest BCUT2D eigenvalue weighted by atomic mass is 9.54. The van der Waals surface area contributed by atoms with Crippen LogP contribution in [0.2, 0.25) is 0 Å². The number of carbonyl (C=O) groups is 1. The predicted molar refractivity (Wildman–Crippen MR) is 94.6 cm³/mol. The zero-order chi connectivity index (χ0) is 17.5. The van der Waals surface area contributed by atoms with Gasteiger partial charge in [0.1, 0.15) is 18.0 Å². The Morgan fingerprint density at radius 3 is 2.96 bits per heavy atom. The minimum absolute atomic E-state index is 0.000925. The lowest BCUT2D eigenvalue weighted by molar-refractivity contribution is -0.155. The lowest BCUT2D eigenvalue weighted by Gasteiger charge is -2.52. The first-order chi connectivity index (χ1) is 11.4. The minimum Gasteiger partial charge on any atom is -0.466 e. The molecule has 5 heteroatoms. The maximum atomic E-state index is 11.9. The van der Waals surface area contributed by atoms with Crippen molar-refractivity contribution in [3.8, 4) is 0 Å². The van der Waals surface area contributed by atoms with E-state index in [2.05, 4.69) is 13.8 Å². The smallest absolute Gasteiger partial charge is 0.331 e. The third-order valence-electron chi connectivity index (χ3n) is 6.07. The molecule has 0 amide bonds. The first-order valence-electron chi connectivity index (χ1n) is 8.51. The van der Waals surface area contributed by atoms with E-state index < -0.39 is 6.10 Å². The Hall–Kier alpha value is -1.20. The first-order valence-corrected chi connectivity index (χ1v) is 9.80. The van der Waals surface area contributed by atoms with Gasteiger partial charge in [-0.05, 0) is 60.3 Å². The van der Waals surface area contributed by atoms with Crippen molar-refractivity contribution < 1.29 is 19.1 Å². The molecule has 0 spiro atoms. The van der Waals surface area contributed by atoms with Crippen LogP contribution < -0.4 is 0 Å². The Morgan fingerprint density at radius 2 is 2.25 bits per heavy atom. The van der Waals surface area contributed by atoms with Gasteiger partial charge in [0.25, 0.3) is 0 Å². The van der Waals surface area contributed by atoms with E-state index in [1.165, 1.54) is 17.8 Å². The number of aliphatic hydroxyl groups excluding tert-OH is 1. The highest BCUT2D eigenvalue weighted by molar-refractivity contribution is 8.01. The third-order valence-corrected chi connectivity index (χ3v) is 6.48. The van der Waals surface area contributed by atoms with Crippen LogP contribution in [0.1, 0.15) is 49.7 Å². The van der Waals surface area contributed by atoms with Crippen molar-refractivity contribution in [2.75, 3.05) is 6.26 Å². The van der Waals surface area contributed by atoms with Crippen molar-refractivity contribution in [1.29, 1.82) is 0 Å². The molecule has 24 heavy (non-hydrogen) atoms. The normalized spacial score (nSPS) is 35.5. The van der Waals surface area contributed by atoms with E-state index in [1.54, 1.807) is 11.7 Å². The van der Waals surface area contributed by atoms with Gasteiger partial charge >= 0.3 is 5.97 Å². The molecular weight excluding hydrogens is 324 g/mol. The van der Waals surface area contributed by atoms with Gasteiger partial charge in [-0.2, -0.15) is 0 Å². The first kappa shape index (κ1) is 17.6. The molecule has 1 fully saturated rings. The van der Waals surface area contributed by atoms with Gasteiger partial charge in [0, 0.05) is 12.0 Å². The number of esters is 1. The Balaban J connectivity index is 1.82. The fourth-order valence-electron chi connectivity index (χ4n) is 4.42. The summed E-state index contributed by atoms with van der Waals surface area (Å²) in [7, 11) is 0. The quantitative estimate of drug-likeness (QED) is 0.659. The maximum Gasteiger partial charge on any atom is 0.331 e. The fourth-order valence-corrected chi connectivity index (χ4v) is 4.67. The summed E-state index contributed by atoms with van der Waals surface area (Å²) < 4.78 is 11.2. The SMILES string of the molecule is CS/C=C/C(=O)OC1CC(C)C2(C)Cc3c(C)coc3C(O)C2C1. The molecule has 1 N–H and O–H groups in total. The number of hydrogen-bond donors (Lipinski definition) is 1. The van der Waals surface area contributed by atoms with Crippen LogP contribution in [0.3, 0.4) is 0 Å². The van der Waals surface area contributed by atoms with Gasteiger partial charge in [-0.25, -0.2) is 4.79 Å². The van der Waals surface area contributed by atoms with E-state index in [0.717, 1.165) is 24.0 Å². The summed E-state index contributed by atoms with van der Waals surface area (Å²) in [4.78, 5) is 11.9. The highest BCUT2D eigenvalue weighted by atomic mass is 32.2. The second-order valence-corrected chi connectivity index (χ2v) is 8.21. The Labute approximate surface area is 147 Å². The zero-order valence-corrected chi connectivity index (χ0v) is 15.6. The average molecular weight is 350 g/mol. The van der Waals surface area contributed by atoms with Crippen LogP contribution in [0.25, 0.3) is 0 Å². The molecule has 2 aliphatic carbocycles. The molecule has 0 saturated heterocycles. The molecule has 5 unspecified atom stereocenters. The summed E-state index contributed by atoms with van der Waals surface area (Å²) in [6.07, 6.45) is 6.77. The summed E-state index contributed by atoms with van der Waals surface area (Å²) in [5, 5.41) is 12.6. The molecule has 0 aliphatic heterocycles. The topological polar surface area (TPSA) is 59.7 Å². The van der Waals surface area contributed by atoms with Gasteiger partial charge in [0.2, 0.25) is 0 Å². The summed E-state index contributed by atoms with van der Waals surface area (Å²) >= 11 is 1.47. The molecule has 3 rings (SSSR count). The maximum absolute atomic E-state index is 11.9. The van der Waals surface area contributed by atoms with Gasteiger partial charge in [0.15, 0.2) is 0 Å². The Kier molecular flexibility index (Phi) is 4.85. The van der Waals surface area contributed by atoms with Crippen LogP contribution in [0.4, 0.5) is 0 Å². The lowest BCUT2D eigenvalue weighted by Crippen LogP contribution is -2.49. The van der Waals surface area contributed by atoms with Crippen molar-refractivity contribution in [2.24, 2.45) is 17.3 Å². The summed E-state index contributed by atoms with van der Waals surface area (Å²) in [5.74, 6) is 0.804. The summed E-state index contributed by atoms with van der Waals surface area (Å²) in [6, 6.07) is 0. The van der Waals surface area contributed by atoms with Crippen molar-refractivity contribution in [2.45, 2.75) is 52.2 Å². The van der Waals surface area contributed by atoms with Gasteiger partial charge in [-0.3, -0.25) is 0 Å². The number of aryl methyl sites for hydroxylation is 1. The molecule has 1 saturated carbocycles. The molecule has 1 aromatic heterocycles. The third kappa shape index (κ3) is 2.93. The van der Waals surface area contributed by atoms with Crippen LogP contribution in [-0.4, -0.2) is 23.4 Å². The van der Waals surface area contributed by atoms with Crippen LogP contribution in [0.5, 0.6) is 0 Å². The monoisotopic (exact) mass is 350 g/mol. The van der Waals surface area contributed by atoms with Crippen LogP contribution in [0.15, 0.2) is 22.2 Å². The van der Waals surface area contributed by atoms with Crippen LogP contribution in [0, 0.1) is 24.2 Å². The van der Waals surface area contributed by atoms with Crippen molar-refractivity contribution in [3.63, 3.8) is 0 Å². The highest BCUT2D eigenvalue weighted by Crippen LogP contribution is 2.56. The standard InChI is InChI=1S/C19H26O4S/c1-11-10-22-18-14(11)9-19(3)12(2)7-13(8-15(19)17(18)21)23-16(20)5-6-24-4/h5-6,10,12-13,15,17,21H,7-9H2,1-4H3/b6-5+. The van der Waals surface area contributed by atoms with E-state index >= 15 is 0 Å². The second-order valence-electron chi connectivity index (χ2n) is 7.47. The van der Waals surface area contributed by atoms with E-state index in [1.807, 2.05) is 13.2 Å². The van der Waals surface area contributed by atoms with E-state index in [4.69, 9.17) is 9.15 Å². The summed E-state index contributed by atoms with van der Waals surface area (Å²) in [6.45, 7) is 6.50. The highest BCUT2D eigenvalue weighted by Gasteiger charge is 2.53. The number of fused-ring (bicyclic) bond motifs is 2. The largest absolute Gasteiger partial charge is 0.466 e. The van der Waals surface area contributed by atoms with Crippen molar-refractivity contribution in [1.82, 2.24) is 0 Å². The van der Waals surface area contributed by atoms with E-state index in [0.29, 0.717) is 18.1 Å². The number of furan rings is 1. The Morgan fingerprint density at radius 1 is 1.50 bits per heavy atom. The molecule has 5 atom stereocenters. The molecule has 4 nitrogen and oxygen atoms in total. The molecule has 0 aromatic carbocycles. The Bertz CT molecular complexity index is 650. The number of thioether (sulfide) groups is 1. The van der Waals surface area contributed by atoms with Gasteiger partial charge in [0.05, 0.1) is 6.26 Å². The second kappa shape index (κ2) is 6.60. The van der Waals surface area contributed by atoms with Crippen molar-refractivity contribution >= 4 is 17.7 Å². The van der Waals surface area contributed by atoms with Gasteiger partial charge in [-0.15, -0.1) is 11.8 Å². The van der Waals surface area contributed by atoms with E-state index in [-0.39, 0.29) is 23.4 Å². The fraction of sp³-hybridized carbons (Fsp3) is 0.632. The molecule has 0 bridgehead atoms. The number of aliphatic hydroxyl groups is 1. The summed E-state index contributed by atoms with van der Waals surface area (Å²) in [5.41, 5.74) is 2.28. The minimum atomic E-state index is -0.627. The average Bonchev–Trinajstić information content (AvgIpc) is 2.89. The molecule has 0 radical (unpaired) electrons. The van der Waals surface area contributed by atoms with Gasteiger partial charge in [-0.1, -0.05) is 13.8 Å². The van der Waals surface area contributed by atoms with Gasteiger partial charge < -0.3 is 14.3 Å². The molecule has 2 aliphatic rings. The number of carbonyl (C=O) groups excluding carboxylic acids is 1. The molecule has 1 heterocycles.